The first-order valence-electron chi connectivity index (χ1n) is 7.54. The lowest BCUT2D eigenvalue weighted by Gasteiger charge is -2.28. The fourth-order valence-corrected chi connectivity index (χ4v) is 3.66. The largest absolute Gasteiger partial charge is 0.469 e. The van der Waals surface area contributed by atoms with Gasteiger partial charge in [-0.1, -0.05) is 0 Å². The summed E-state index contributed by atoms with van der Waals surface area (Å²) in [6.07, 6.45) is 1.56. The zero-order chi connectivity index (χ0) is 16.8. The van der Waals surface area contributed by atoms with Crippen molar-refractivity contribution in [2.75, 3.05) is 19.0 Å². The molecule has 1 aromatic rings. The maximum atomic E-state index is 12.1. The zero-order valence-electron chi connectivity index (χ0n) is 13.5. The summed E-state index contributed by atoms with van der Waals surface area (Å²) < 4.78 is 10.8. The number of carbonyl (C=O) groups is 1. The van der Waals surface area contributed by atoms with Gasteiger partial charge in [0.2, 0.25) is 0 Å². The van der Waals surface area contributed by atoms with Gasteiger partial charge < -0.3 is 9.15 Å². The molecule has 6 heteroatoms. The standard InChI is InChI=1S/C17H20N2O3S/c1-4-21-8-9-23-17-13(10-18)16(14-6-5-7-22-14)15(12(3)20)11(2)19-17/h5-7,13,16H,4,8-9H2,1-3H3/t13?,16-/m1/s1. The van der Waals surface area contributed by atoms with Crippen LogP contribution in [-0.2, 0) is 9.53 Å². The van der Waals surface area contributed by atoms with E-state index in [9.17, 15) is 10.1 Å². The summed E-state index contributed by atoms with van der Waals surface area (Å²) in [5, 5.41) is 10.4. The van der Waals surface area contributed by atoms with E-state index in [2.05, 4.69) is 11.1 Å². The van der Waals surface area contributed by atoms with Gasteiger partial charge >= 0.3 is 0 Å². The van der Waals surface area contributed by atoms with Crippen molar-refractivity contribution >= 4 is 22.6 Å². The van der Waals surface area contributed by atoms with Gasteiger partial charge in [0.1, 0.15) is 11.7 Å². The molecule has 1 aliphatic rings. The van der Waals surface area contributed by atoms with Gasteiger partial charge in [-0.3, -0.25) is 4.79 Å². The summed E-state index contributed by atoms with van der Waals surface area (Å²) in [5.74, 6) is 0.346. The third-order valence-electron chi connectivity index (χ3n) is 3.63. The van der Waals surface area contributed by atoms with Gasteiger partial charge in [0, 0.05) is 23.6 Å². The number of ketones is 1. The molecule has 23 heavy (non-hydrogen) atoms. The average molecular weight is 332 g/mol. The van der Waals surface area contributed by atoms with E-state index in [1.165, 1.54) is 18.7 Å². The first-order chi connectivity index (χ1) is 11.1. The van der Waals surface area contributed by atoms with Gasteiger partial charge in [0.25, 0.3) is 0 Å². The number of hydrogen-bond donors (Lipinski definition) is 0. The summed E-state index contributed by atoms with van der Waals surface area (Å²) in [7, 11) is 0. The molecule has 2 heterocycles. The lowest BCUT2D eigenvalue weighted by atomic mass is 9.80. The van der Waals surface area contributed by atoms with Crippen molar-refractivity contribution in [3.63, 3.8) is 0 Å². The van der Waals surface area contributed by atoms with Crippen LogP contribution in [0, 0.1) is 17.2 Å². The summed E-state index contributed by atoms with van der Waals surface area (Å²) in [4.78, 5) is 16.6. The molecule has 0 spiro atoms. The molecule has 0 saturated carbocycles. The number of nitriles is 1. The van der Waals surface area contributed by atoms with Crippen LogP contribution in [0.25, 0.3) is 0 Å². The molecule has 2 rings (SSSR count). The number of aliphatic imine (C=N–C) groups is 1. The Morgan fingerprint density at radius 1 is 1.57 bits per heavy atom. The van der Waals surface area contributed by atoms with Crippen LogP contribution in [0.4, 0.5) is 0 Å². The molecular weight excluding hydrogens is 312 g/mol. The molecule has 0 amide bonds. The monoisotopic (exact) mass is 332 g/mol. The molecule has 0 saturated heterocycles. The number of Topliss-reactive ketones (excluding diaryl/α,β-unsaturated/α-hetero) is 1. The lowest BCUT2D eigenvalue weighted by Crippen LogP contribution is -2.28. The van der Waals surface area contributed by atoms with Crippen molar-refractivity contribution in [3.8, 4) is 6.07 Å². The Morgan fingerprint density at radius 2 is 2.35 bits per heavy atom. The van der Waals surface area contributed by atoms with E-state index >= 15 is 0 Å². The second kappa shape index (κ2) is 8.14. The van der Waals surface area contributed by atoms with Gasteiger partial charge in [0.05, 0.1) is 29.9 Å². The van der Waals surface area contributed by atoms with Crippen LogP contribution in [0.15, 0.2) is 39.1 Å². The Hall–Kier alpha value is -1.84. The van der Waals surface area contributed by atoms with Crippen LogP contribution in [-0.4, -0.2) is 29.8 Å². The molecule has 0 bridgehead atoms. The van der Waals surface area contributed by atoms with Crippen molar-refractivity contribution in [3.05, 3.63) is 35.4 Å². The Kier molecular flexibility index (Phi) is 6.20. The van der Waals surface area contributed by atoms with Crippen LogP contribution in [0.1, 0.15) is 32.4 Å². The topological polar surface area (TPSA) is 75.6 Å². The van der Waals surface area contributed by atoms with Gasteiger partial charge in [-0.25, -0.2) is 4.99 Å². The highest BCUT2D eigenvalue weighted by atomic mass is 32.2. The predicted octanol–water partition coefficient (Wildman–Crippen LogP) is 3.55. The SMILES string of the molecule is CCOCCSC1=NC(C)=C(C(C)=O)[C@@H](c2ccco2)C1C#N. The molecule has 122 valence electrons. The van der Waals surface area contributed by atoms with Gasteiger partial charge in [0.15, 0.2) is 5.78 Å². The number of furan rings is 1. The lowest BCUT2D eigenvalue weighted by molar-refractivity contribution is -0.114. The number of thioether (sulfide) groups is 1. The minimum atomic E-state index is -0.518. The number of allylic oxidation sites excluding steroid dienone is 2. The Bertz CT molecular complexity index is 656. The van der Waals surface area contributed by atoms with E-state index in [-0.39, 0.29) is 5.78 Å². The molecule has 0 N–H and O–H groups in total. The first kappa shape index (κ1) is 17.5. The Labute approximate surface area is 140 Å². The normalized spacial score (nSPS) is 21.0. The highest BCUT2D eigenvalue weighted by Gasteiger charge is 2.39. The minimum absolute atomic E-state index is 0.0775. The van der Waals surface area contributed by atoms with Crippen LogP contribution in [0.3, 0.4) is 0 Å². The maximum absolute atomic E-state index is 12.1. The number of nitrogens with zero attached hydrogens (tertiary/aromatic N) is 2. The van der Waals surface area contributed by atoms with Crippen LogP contribution in [0.2, 0.25) is 0 Å². The third-order valence-corrected chi connectivity index (χ3v) is 4.64. The molecule has 5 nitrogen and oxygen atoms in total. The summed E-state index contributed by atoms with van der Waals surface area (Å²) in [6, 6.07) is 5.87. The number of hydrogen-bond acceptors (Lipinski definition) is 6. The van der Waals surface area contributed by atoms with Crippen molar-refractivity contribution in [1.29, 1.82) is 5.26 Å². The summed E-state index contributed by atoms with van der Waals surface area (Å²) in [5.41, 5.74) is 1.21. The molecule has 0 aliphatic carbocycles. The van der Waals surface area contributed by atoms with E-state index in [1.54, 1.807) is 18.4 Å². The predicted molar refractivity (Wildman–Crippen MR) is 90.3 cm³/mol. The van der Waals surface area contributed by atoms with Crippen molar-refractivity contribution in [2.45, 2.75) is 26.7 Å². The van der Waals surface area contributed by atoms with E-state index in [0.717, 1.165) is 10.8 Å². The van der Waals surface area contributed by atoms with Crippen LogP contribution in [0.5, 0.6) is 0 Å². The van der Waals surface area contributed by atoms with Crippen LogP contribution >= 0.6 is 11.8 Å². The van der Waals surface area contributed by atoms with Crippen LogP contribution < -0.4 is 0 Å². The smallest absolute Gasteiger partial charge is 0.158 e. The third kappa shape index (κ3) is 3.92. The molecule has 2 atom stereocenters. The second-order valence-corrected chi connectivity index (χ2v) is 6.27. The zero-order valence-corrected chi connectivity index (χ0v) is 14.4. The van der Waals surface area contributed by atoms with Crippen molar-refractivity contribution in [2.24, 2.45) is 10.9 Å². The van der Waals surface area contributed by atoms with Crippen molar-refractivity contribution < 1.29 is 13.9 Å². The van der Waals surface area contributed by atoms with E-state index in [0.29, 0.717) is 30.2 Å². The van der Waals surface area contributed by atoms with Gasteiger partial charge in [-0.15, -0.1) is 11.8 Å². The number of ether oxygens (including phenoxy) is 1. The molecule has 0 fully saturated rings. The highest BCUT2D eigenvalue weighted by molar-refractivity contribution is 8.14. The number of carbonyl (C=O) groups excluding carboxylic acids is 1. The second-order valence-electron chi connectivity index (χ2n) is 5.15. The molecule has 1 aliphatic heterocycles. The fourth-order valence-electron chi connectivity index (χ4n) is 2.68. The molecule has 1 aromatic heterocycles. The molecular formula is C17H20N2O3S. The van der Waals surface area contributed by atoms with E-state index in [1.807, 2.05) is 13.8 Å². The Balaban J connectivity index is 2.35. The maximum Gasteiger partial charge on any atom is 0.158 e. The average Bonchev–Trinajstić information content (AvgIpc) is 3.04. The molecule has 0 aromatic carbocycles. The molecule has 1 unspecified atom stereocenters. The highest BCUT2D eigenvalue weighted by Crippen LogP contribution is 2.41. The van der Waals surface area contributed by atoms with Gasteiger partial charge in [-0.2, -0.15) is 5.26 Å². The first-order valence-corrected chi connectivity index (χ1v) is 8.52. The minimum Gasteiger partial charge on any atom is -0.469 e. The number of rotatable bonds is 6. The quantitative estimate of drug-likeness (QED) is 0.745. The van der Waals surface area contributed by atoms with Crippen molar-refractivity contribution in [1.82, 2.24) is 0 Å². The summed E-state index contributed by atoms with van der Waals surface area (Å²) >= 11 is 1.50. The van der Waals surface area contributed by atoms with Gasteiger partial charge in [-0.05, 0) is 32.9 Å². The fraction of sp³-hybridized carbons (Fsp3) is 0.471. The van der Waals surface area contributed by atoms with E-state index in [4.69, 9.17) is 9.15 Å². The molecule has 0 radical (unpaired) electrons. The summed E-state index contributed by atoms with van der Waals surface area (Å²) in [6.45, 7) is 6.53. The van der Waals surface area contributed by atoms with E-state index < -0.39 is 11.8 Å². The Morgan fingerprint density at radius 3 is 2.91 bits per heavy atom.